The van der Waals surface area contributed by atoms with Gasteiger partial charge in [0.25, 0.3) is 0 Å². The Kier molecular flexibility index (Phi) is 5.86. The third-order valence-corrected chi connectivity index (χ3v) is 10.3. The first-order valence-electron chi connectivity index (χ1n) is 15.5. The van der Waals surface area contributed by atoms with Crippen molar-refractivity contribution in [2.24, 2.45) is 0 Å². The number of fused-ring (bicyclic) bond motifs is 6. The zero-order valence-electron chi connectivity index (χ0n) is 25.8. The molecule has 0 heterocycles. The molecule has 0 amide bonds. The Morgan fingerprint density at radius 3 is 1.52 bits per heavy atom. The smallest absolute Gasteiger partial charge is 0.0640 e. The Balaban J connectivity index is 1.51. The standard InChI is InChI=1S/C42H36N2/c1-23-18-33-30-16-10-8-14-28(30)20-35(33)38(25(23)3)37-22-32(27-12-6-5-7-13-27)41(43)42(44)40(37)39-26(4)24(2)19-34-31-17-11-9-15-29(31)21-36(34)39/h5-19,22H,20-21,43-44H2,1-4H3. The molecule has 0 atom stereocenters. The number of hydrogen-bond acceptors (Lipinski definition) is 2. The van der Waals surface area contributed by atoms with Crippen molar-refractivity contribution in [3.8, 4) is 55.6 Å². The summed E-state index contributed by atoms with van der Waals surface area (Å²) in [4.78, 5) is 0. The average Bonchev–Trinajstić information content (AvgIpc) is 3.59. The highest BCUT2D eigenvalue weighted by Gasteiger charge is 2.31. The van der Waals surface area contributed by atoms with Gasteiger partial charge in [-0.15, -0.1) is 0 Å². The van der Waals surface area contributed by atoms with Crippen LogP contribution in [0.5, 0.6) is 0 Å². The summed E-state index contributed by atoms with van der Waals surface area (Å²) in [6, 6.07) is 35.2. The Bertz CT molecular complexity index is 2170. The molecule has 0 spiro atoms. The maximum absolute atomic E-state index is 7.30. The lowest BCUT2D eigenvalue weighted by atomic mass is 9.79. The van der Waals surface area contributed by atoms with Crippen LogP contribution in [-0.2, 0) is 12.8 Å². The van der Waals surface area contributed by atoms with E-state index in [1.54, 1.807) is 0 Å². The van der Waals surface area contributed by atoms with Crippen LogP contribution in [0.2, 0.25) is 0 Å². The van der Waals surface area contributed by atoms with Crippen molar-refractivity contribution < 1.29 is 0 Å². The fraction of sp³-hybridized carbons (Fsp3) is 0.143. The second-order valence-corrected chi connectivity index (χ2v) is 12.6. The number of anilines is 2. The highest BCUT2D eigenvalue weighted by atomic mass is 14.7. The van der Waals surface area contributed by atoms with E-state index in [0.29, 0.717) is 11.4 Å². The minimum absolute atomic E-state index is 0.644. The van der Waals surface area contributed by atoms with E-state index in [1.807, 2.05) is 6.07 Å². The van der Waals surface area contributed by atoms with Gasteiger partial charge in [0.15, 0.2) is 0 Å². The number of benzene rings is 6. The van der Waals surface area contributed by atoms with E-state index in [0.717, 1.165) is 29.5 Å². The van der Waals surface area contributed by atoms with Crippen molar-refractivity contribution in [1.29, 1.82) is 0 Å². The summed E-state index contributed by atoms with van der Waals surface area (Å²) >= 11 is 0. The molecular weight excluding hydrogens is 532 g/mol. The monoisotopic (exact) mass is 568 g/mol. The van der Waals surface area contributed by atoms with Gasteiger partial charge in [0.2, 0.25) is 0 Å². The molecule has 214 valence electrons. The van der Waals surface area contributed by atoms with Crippen LogP contribution in [0.15, 0.2) is 97.1 Å². The van der Waals surface area contributed by atoms with Gasteiger partial charge in [0.05, 0.1) is 11.4 Å². The molecule has 0 radical (unpaired) electrons. The first-order chi connectivity index (χ1) is 21.3. The lowest BCUT2D eigenvalue weighted by Gasteiger charge is -2.26. The molecule has 0 aromatic heterocycles. The van der Waals surface area contributed by atoms with Gasteiger partial charge in [-0.3, -0.25) is 0 Å². The molecular formula is C42H36N2. The minimum Gasteiger partial charge on any atom is -0.397 e. The summed E-state index contributed by atoms with van der Waals surface area (Å²) in [7, 11) is 0. The van der Waals surface area contributed by atoms with Gasteiger partial charge in [0.1, 0.15) is 0 Å². The van der Waals surface area contributed by atoms with Crippen LogP contribution in [0.25, 0.3) is 55.6 Å². The molecule has 0 unspecified atom stereocenters. The van der Waals surface area contributed by atoms with Crippen molar-refractivity contribution in [3.05, 3.63) is 142 Å². The number of hydrogen-bond donors (Lipinski definition) is 2. The summed E-state index contributed by atoms with van der Waals surface area (Å²) in [6.45, 7) is 8.99. The van der Waals surface area contributed by atoms with E-state index < -0.39 is 0 Å². The van der Waals surface area contributed by atoms with Crippen LogP contribution in [0.4, 0.5) is 11.4 Å². The molecule has 4 N–H and O–H groups in total. The summed E-state index contributed by atoms with van der Waals surface area (Å²) < 4.78 is 0. The lowest BCUT2D eigenvalue weighted by molar-refractivity contribution is 1.22. The van der Waals surface area contributed by atoms with E-state index >= 15 is 0 Å². The van der Waals surface area contributed by atoms with E-state index in [1.165, 1.54) is 83.5 Å². The fourth-order valence-electron chi connectivity index (χ4n) is 7.79. The maximum Gasteiger partial charge on any atom is 0.0640 e. The van der Waals surface area contributed by atoms with Crippen LogP contribution in [0.3, 0.4) is 0 Å². The molecule has 0 bridgehead atoms. The van der Waals surface area contributed by atoms with Crippen LogP contribution < -0.4 is 11.5 Å². The predicted molar refractivity (Wildman–Crippen MR) is 187 cm³/mol. The number of nitrogen functional groups attached to an aromatic ring is 2. The van der Waals surface area contributed by atoms with Gasteiger partial charge < -0.3 is 11.5 Å². The number of aryl methyl sites for hydroxylation is 2. The third kappa shape index (κ3) is 3.74. The zero-order chi connectivity index (χ0) is 30.3. The van der Waals surface area contributed by atoms with Crippen LogP contribution >= 0.6 is 0 Å². The second-order valence-electron chi connectivity index (χ2n) is 12.6. The summed E-state index contributed by atoms with van der Waals surface area (Å²) in [5, 5.41) is 0. The highest BCUT2D eigenvalue weighted by molar-refractivity contribution is 6.06. The van der Waals surface area contributed by atoms with Crippen molar-refractivity contribution in [1.82, 2.24) is 0 Å². The van der Waals surface area contributed by atoms with Crippen molar-refractivity contribution in [3.63, 3.8) is 0 Å². The van der Waals surface area contributed by atoms with Crippen molar-refractivity contribution in [2.75, 3.05) is 11.5 Å². The van der Waals surface area contributed by atoms with Gasteiger partial charge in [-0.2, -0.15) is 0 Å². The molecule has 44 heavy (non-hydrogen) atoms. The lowest BCUT2D eigenvalue weighted by Crippen LogP contribution is -2.07. The van der Waals surface area contributed by atoms with Crippen molar-refractivity contribution in [2.45, 2.75) is 40.5 Å². The van der Waals surface area contributed by atoms with E-state index in [4.69, 9.17) is 11.5 Å². The Morgan fingerprint density at radius 2 is 0.932 bits per heavy atom. The molecule has 0 fully saturated rings. The van der Waals surface area contributed by atoms with Crippen LogP contribution in [0.1, 0.15) is 44.5 Å². The summed E-state index contributed by atoms with van der Waals surface area (Å²) in [5.41, 5.74) is 38.4. The quantitative estimate of drug-likeness (QED) is 0.208. The van der Waals surface area contributed by atoms with Crippen molar-refractivity contribution >= 4 is 11.4 Å². The Hall–Kier alpha value is -5.08. The topological polar surface area (TPSA) is 52.0 Å². The zero-order valence-corrected chi connectivity index (χ0v) is 25.8. The predicted octanol–water partition coefficient (Wildman–Crippen LogP) is 10.2. The fourth-order valence-corrected chi connectivity index (χ4v) is 7.79. The van der Waals surface area contributed by atoms with Gasteiger partial charge in [0, 0.05) is 11.1 Å². The molecule has 2 aliphatic carbocycles. The Morgan fingerprint density at radius 1 is 0.432 bits per heavy atom. The largest absolute Gasteiger partial charge is 0.397 e. The molecule has 0 saturated carbocycles. The van der Waals surface area contributed by atoms with Gasteiger partial charge in [-0.1, -0.05) is 91.0 Å². The molecule has 6 aromatic carbocycles. The van der Waals surface area contributed by atoms with E-state index in [-0.39, 0.29) is 0 Å². The molecule has 6 aromatic rings. The van der Waals surface area contributed by atoms with Gasteiger partial charge in [-0.05, 0) is 136 Å². The molecule has 8 rings (SSSR count). The third-order valence-electron chi connectivity index (χ3n) is 10.3. The SMILES string of the molecule is Cc1cc2c(c(-c3cc(-c4ccccc4)c(N)c(N)c3-c3c(C)c(C)cc4c3Cc3ccccc3-4)c1C)Cc1ccccc1-2. The molecule has 0 aliphatic heterocycles. The minimum atomic E-state index is 0.644. The van der Waals surface area contributed by atoms with Crippen LogP contribution in [-0.4, -0.2) is 0 Å². The molecule has 2 aliphatic rings. The molecule has 2 heteroatoms. The highest BCUT2D eigenvalue weighted by Crippen LogP contribution is 2.54. The molecule has 2 nitrogen and oxygen atoms in total. The Labute approximate surface area is 260 Å². The van der Waals surface area contributed by atoms with E-state index in [2.05, 4.69) is 119 Å². The molecule has 0 saturated heterocycles. The average molecular weight is 569 g/mol. The van der Waals surface area contributed by atoms with E-state index in [9.17, 15) is 0 Å². The number of rotatable bonds is 3. The first-order valence-corrected chi connectivity index (χ1v) is 15.5. The van der Waals surface area contributed by atoms with Gasteiger partial charge in [-0.25, -0.2) is 0 Å². The second kappa shape index (κ2) is 9.72. The van der Waals surface area contributed by atoms with Gasteiger partial charge >= 0.3 is 0 Å². The normalized spacial score (nSPS) is 12.5. The summed E-state index contributed by atoms with van der Waals surface area (Å²) in [5.74, 6) is 0. The van der Waals surface area contributed by atoms with Crippen LogP contribution in [0, 0.1) is 27.7 Å². The maximum atomic E-state index is 7.30. The first kappa shape index (κ1) is 26.5. The summed E-state index contributed by atoms with van der Waals surface area (Å²) in [6.07, 6.45) is 1.79. The number of nitrogens with two attached hydrogens (primary N) is 2.